The Balaban J connectivity index is 1.85. The van der Waals surface area contributed by atoms with Crippen LogP contribution in [-0.4, -0.2) is 24.4 Å². The molecule has 1 N–H and O–H groups in total. The fourth-order valence-electron chi connectivity index (χ4n) is 2.53. The van der Waals surface area contributed by atoms with Crippen molar-refractivity contribution in [3.63, 3.8) is 0 Å². The molecular formula is C16H14N4O2. The molecule has 0 fully saturated rings. The van der Waals surface area contributed by atoms with Crippen molar-refractivity contribution in [3.8, 4) is 11.5 Å². The summed E-state index contributed by atoms with van der Waals surface area (Å²) in [5.41, 5.74) is 1.79. The summed E-state index contributed by atoms with van der Waals surface area (Å²) in [6.45, 7) is 0.460. The topological polar surface area (TPSA) is 69.0 Å². The van der Waals surface area contributed by atoms with E-state index in [1.54, 1.807) is 18.6 Å². The molecule has 0 unspecified atom stereocenters. The van der Waals surface area contributed by atoms with Gasteiger partial charge in [0.1, 0.15) is 24.7 Å². The average molecular weight is 294 g/mol. The van der Waals surface area contributed by atoms with Crippen molar-refractivity contribution in [2.45, 2.75) is 13.3 Å². The molecule has 6 heteroatoms. The number of fused-ring (bicyclic) bond motifs is 1. The Morgan fingerprint density at radius 1 is 1.14 bits per heavy atom. The van der Waals surface area contributed by atoms with Crippen LogP contribution in [0.1, 0.15) is 5.76 Å². The van der Waals surface area contributed by atoms with Crippen molar-refractivity contribution in [1.82, 2.24) is 19.3 Å². The molecule has 0 aliphatic heterocycles. The number of hydrogen-bond donors (Lipinski definition) is 1. The zero-order valence-electron chi connectivity index (χ0n) is 11.8. The van der Waals surface area contributed by atoms with Gasteiger partial charge in [0.05, 0.1) is 11.8 Å². The van der Waals surface area contributed by atoms with Crippen molar-refractivity contribution in [2.24, 2.45) is 0 Å². The van der Waals surface area contributed by atoms with Gasteiger partial charge < -0.3 is 14.1 Å². The maximum atomic E-state index is 9.16. The summed E-state index contributed by atoms with van der Waals surface area (Å²) in [5, 5.41) is 14.8. The van der Waals surface area contributed by atoms with E-state index in [1.807, 2.05) is 45.8 Å². The Kier molecular flexibility index (Phi) is 3.01. The largest absolute Gasteiger partial charge is 0.457 e. The second-order valence-electron chi connectivity index (χ2n) is 5.01. The maximum absolute atomic E-state index is 9.16. The van der Waals surface area contributed by atoms with Gasteiger partial charge in [0.2, 0.25) is 0 Å². The minimum atomic E-state index is -0.117. The second kappa shape index (κ2) is 5.16. The SMILES string of the molecule is OCc1ccc(-c2nn(Cn3ccnc3)c3ccccc23)o1. The molecule has 0 saturated carbocycles. The molecule has 22 heavy (non-hydrogen) atoms. The summed E-state index contributed by atoms with van der Waals surface area (Å²) in [6, 6.07) is 11.6. The van der Waals surface area contributed by atoms with E-state index in [0.29, 0.717) is 18.2 Å². The monoisotopic (exact) mass is 294 g/mol. The Morgan fingerprint density at radius 2 is 2.05 bits per heavy atom. The molecule has 4 rings (SSSR count). The van der Waals surface area contributed by atoms with Gasteiger partial charge in [0.25, 0.3) is 0 Å². The number of nitrogens with zero attached hydrogens (tertiary/aromatic N) is 4. The van der Waals surface area contributed by atoms with E-state index in [4.69, 9.17) is 9.52 Å². The van der Waals surface area contributed by atoms with Gasteiger partial charge in [0, 0.05) is 17.8 Å². The molecule has 6 nitrogen and oxygen atoms in total. The molecule has 0 spiro atoms. The third-order valence-electron chi connectivity index (χ3n) is 3.57. The molecule has 1 aromatic carbocycles. The highest BCUT2D eigenvalue weighted by molar-refractivity contribution is 5.92. The first kappa shape index (κ1) is 12.8. The molecule has 0 saturated heterocycles. The molecule has 0 bridgehead atoms. The number of hydrogen-bond acceptors (Lipinski definition) is 4. The zero-order chi connectivity index (χ0) is 14.9. The molecule has 0 amide bonds. The highest BCUT2D eigenvalue weighted by atomic mass is 16.4. The van der Waals surface area contributed by atoms with Gasteiger partial charge in [-0.2, -0.15) is 5.10 Å². The number of para-hydroxylation sites is 1. The number of rotatable bonds is 4. The number of imidazole rings is 1. The maximum Gasteiger partial charge on any atom is 0.155 e. The second-order valence-corrected chi connectivity index (χ2v) is 5.01. The van der Waals surface area contributed by atoms with Gasteiger partial charge in [-0.1, -0.05) is 18.2 Å². The highest BCUT2D eigenvalue weighted by Crippen LogP contribution is 2.29. The normalized spacial score (nSPS) is 11.3. The lowest BCUT2D eigenvalue weighted by Crippen LogP contribution is -2.07. The van der Waals surface area contributed by atoms with Gasteiger partial charge in [-0.05, 0) is 18.2 Å². The van der Waals surface area contributed by atoms with E-state index < -0.39 is 0 Å². The quantitative estimate of drug-likeness (QED) is 0.628. The lowest BCUT2D eigenvalue weighted by molar-refractivity contribution is 0.248. The van der Waals surface area contributed by atoms with Gasteiger partial charge in [-0.25, -0.2) is 9.67 Å². The van der Waals surface area contributed by atoms with Gasteiger partial charge in [0.15, 0.2) is 5.76 Å². The van der Waals surface area contributed by atoms with Crippen molar-refractivity contribution >= 4 is 10.9 Å². The molecule has 4 aromatic rings. The third kappa shape index (κ3) is 2.10. The van der Waals surface area contributed by atoms with E-state index in [2.05, 4.69) is 10.1 Å². The van der Waals surface area contributed by atoms with Crippen LogP contribution in [0.15, 0.2) is 59.5 Å². The number of aliphatic hydroxyl groups excluding tert-OH is 1. The van der Waals surface area contributed by atoms with Crippen LogP contribution >= 0.6 is 0 Å². The van der Waals surface area contributed by atoms with Crippen LogP contribution in [0.25, 0.3) is 22.4 Å². The van der Waals surface area contributed by atoms with Crippen LogP contribution < -0.4 is 0 Å². The van der Waals surface area contributed by atoms with Crippen LogP contribution in [-0.2, 0) is 13.3 Å². The predicted molar refractivity (Wildman–Crippen MR) is 81.0 cm³/mol. The number of furan rings is 1. The Bertz CT molecular complexity index is 905. The third-order valence-corrected chi connectivity index (χ3v) is 3.57. The lowest BCUT2D eigenvalue weighted by atomic mass is 10.2. The fourth-order valence-corrected chi connectivity index (χ4v) is 2.53. The number of benzene rings is 1. The van der Waals surface area contributed by atoms with Crippen LogP contribution in [0.4, 0.5) is 0 Å². The Morgan fingerprint density at radius 3 is 2.82 bits per heavy atom. The molecule has 0 aliphatic rings. The number of aromatic nitrogens is 4. The average Bonchev–Trinajstić information content (AvgIpc) is 3.27. The molecule has 3 aromatic heterocycles. The molecule has 0 atom stereocenters. The van der Waals surface area contributed by atoms with Crippen molar-refractivity contribution in [2.75, 3.05) is 0 Å². The zero-order valence-corrected chi connectivity index (χ0v) is 11.8. The molecule has 0 radical (unpaired) electrons. The van der Waals surface area contributed by atoms with E-state index in [1.165, 1.54) is 0 Å². The summed E-state index contributed by atoms with van der Waals surface area (Å²) in [4.78, 5) is 4.05. The van der Waals surface area contributed by atoms with Crippen LogP contribution in [0, 0.1) is 0 Å². The van der Waals surface area contributed by atoms with Crippen LogP contribution in [0.2, 0.25) is 0 Å². The summed E-state index contributed by atoms with van der Waals surface area (Å²) in [6.07, 6.45) is 5.40. The van der Waals surface area contributed by atoms with Crippen LogP contribution in [0.3, 0.4) is 0 Å². The Hall–Kier alpha value is -2.86. The van der Waals surface area contributed by atoms with E-state index >= 15 is 0 Å². The minimum absolute atomic E-state index is 0.117. The smallest absolute Gasteiger partial charge is 0.155 e. The molecular weight excluding hydrogens is 280 g/mol. The molecule has 0 aliphatic carbocycles. The number of aliphatic hydroxyl groups is 1. The van der Waals surface area contributed by atoms with Gasteiger partial charge in [-0.3, -0.25) is 0 Å². The van der Waals surface area contributed by atoms with Crippen molar-refractivity contribution in [1.29, 1.82) is 0 Å². The lowest BCUT2D eigenvalue weighted by Gasteiger charge is -2.03. The Labute approximate surface area is 126 Å². The fraction of sp³-hybridized carbons (Fsp3) is 0.125. The molecule has 3 heterocycles. The van der Waals surface area contributed by atoms with E-state index in [0.717, 1.165) is 16.6 Å². The first-order chi connectivity index (χ1) is 10.8. The standard InChI is InChI=1S/C16H14N4O2/c21-9-12-5-6-15(22-12)16-13-3-1-2-4-14(13)20(18-16)11-19-8-7-17-10-19/h1-8,10,21H,9,11H2. The van der Waals surface area contributed by atoms with Crippen molar-refractivity contribution in [3.05, 3.63) is 60.9 Å². The first-order valence-corrected chi connectivity index (χ1v) is 6.96. The summed E-state index contributed by atoms with van der Waals surface area (Å²) >= 11 is 0. The minimum Gasteiger partial charge on any atom is -0.457 e. The summed E-state index contributed by atoms with van der Waals surface area (Å²) in [5.74, 6) is 1.19. The summed E-state index contributed by atoms with van der Waals surface area (Å²) < 4.78 is 9.49. The van der Waals surface area contributed by atoms with Crippen LogP contribution in [0.5, 0.6) is 0 Å². The van der Waals surface area contributed by atoms with Gasteiger partial charge in [-0.15, -0.1) is 0 Å². The predicted octanol–water partition coefficient (Wildman–Crippen LogP) is 2.49. The molecule has 110 valence electrons. The first-order valence-electron chi connectivity index (χ1n) is 6.96. The summed E-state index contributed by atoms with van der Waals surface area (Å²) in [7, 11) is 0. The highest BCUT2D eigenvalue weighted by Gasteiger charge is 2.15. The van der Waals surface area contributed by atoms with Crippen molar-refractivity contribution < 1.29 is 9.52 Å². The van der Waals surface area contributed by atoms with Gasteiger partial charge >= 0.3 is 0 Å². The van der Waals surface area contributed by atoms with E-state index in [-0.39, 0.29) is 6.61 Å². The van der Waals surface area contributed by atoms with E-state index in [9.17, 15) is 0 Å².